The molecule has 0 spiro atoms. The van der Waals surface area contributed by atoms with E-state index in [4.69, 9.17) is 5.26 Å². The van der Waals surface area contributed by atoms with Crippen LogP contribution in [0.1, 0.15) is 11.1 Å². The maximum absolute atomic E-state index is 11.7. The van der Waals surface area contributed by atoms with Crippen LogP contribution in [0, 0.1) is 11.3 Å². The van der Waals surface area contributed by atoms with Crippen molar-refractivity contribution in [3.05, 3.63) is 53.7 Å². The van der Waals surface area contributed by atoms with Crippen molar-refractivity contribution < 1.29 is 8.42 Å². The zero-order valence-corrected chi connectivity index (χ0v) is 12.2. The van der Waals surface area contributed by atoms with Gasteiger partial charge in [-0.2, -0.15) is 5.26 Å². The molecule has 2 rings (SSSR count). The number of sulfonamides is 1. The molecule has 0 bridgehead atoms. The average Bonchev–Trinajstić information content (AvgIpc) is 2.53. The summed E-state index contributed by atoms with van der Waals surface area (Å²) < 4.78 is 25.8. The fourth-order valence-electron chi connectivity index (χ4n) is 1.76. The van der Waals surface area contributed by atoms with E-state index in [-0.39, 0.29) is 4.90 Å². The van der Waals surface area contributed by atoms with Gasteiger partial charge in [0.2, 0.25) is 10.0 Å². The Morgan fingerprint density at radius 1 is 1.29 bits per heavy atom. The number of nitrogens with zero attached hydrogens (tertiary/aromatic N) is 2. The molecule has 21 heavy (non-hydrogen) atoms. The Morgan fingerprint density at radius 2 is 2.10 bits per heavy atom. The van der Waals surface area contributed by atoms with Crippen molar-refractivity contribution in [2.75, 3.05) is 12.4 Å². The maximum Gasteiger partial charge on any atom is 0.240 e. The summed E-state index contributed by atoms with van der Waals surface area (Å²) in [6.45, 7) is 0.374. The van der Waals surface area contributed by atoms with Crippen LogP contribution in [0.3, 0.4) is 0 Å². The number of nitrogens with one attached hydrogen (secondary N) is 2. The average molecular weight is 302 g/mol. The summed E-state index contributed by atoms with van der Waals surface area (Å²) in [5.41, 5.74) is 1.22. The molecule has 0 aliphatic rings. The monoisotopic (exact) mass is 302 g/mol. The normalized spacial score (nSPS) is 10.9. The lowest BCUT2D eigenvalue weighted by molar-refractivity contribution is 0.588. The van der Waals surface area contributed by atoms with Gasteiger partial charge < -0.3 is 5.32 Å². The highest BCUT2D eigenvalue weighted by atomic mass is 32.2. The number of pyridine rings is 1. The van der Waals surface area contributed by atoms with Crippen LogP contribution >= 0.6 is 0 Å². The predicted octanol–water partition coefficient (Wildman–Crippen LogP) is 1.47. The summed E-state index contributed by atoms with van der Waals surface area (Å²) in [7, 11) is -2.09. The van der Waals surface area contributed by atoms with Crippen LogP contribution in [0.25, 0.3) is 0 Å². The lowest BCUT2D eigenvalue weighted by Crippen LogP contribution is -2.18. The molecule has 6 nitrogen and oxygen atoms in total. The first-order chi connectivity index (χ1) is 10.1. The number of hydrogen-bond acceptors (Lipinski definition) is 5. The Hall–Kier alpha value is -2.43. The second kappa shape index (κ2) is 6.35. The van der Waals surface area contributed by atoms with Crippen molar-refractivity contribution in [2.45, 2.75) is 11.4 Å². The van der Waals surface area contributed by atoms with E-state index < -0.39 is 10.0 Å². The summed E-state index contributed by atoms with van der Waals surface area (Å²) in [6.07, 6.45) is 1.59. The first-order valence-electron chi connectivity index (χ1n) is 6.18. The van der Waals surface area contributed by atoms with Gasteiger partial charge in [0, 0.05) is 12.7 Å². The van der Waals surface area contributed by atoms with Gasteiger partial charge in [0.05, 0.1) is 10.5 Å². The topological polar surface area (TPSA) is 94.9 Å². The number of rotatable bonds is 5. The molecule has 1 aromatic heterocycles. The molecule has 0 fully saturated rings. The Bertz CT molecular complexity index is 782. The second-order valence-electron chi connectivity index (χ2n) is 4.22. The van der Waals surface area contributed by atoms with E-state index in [0.29, 0.717) is 17.9 Å². The highest BCUT2D eigenvalue weighted by Crippen LogP contribution is 2.14. The van der Waals surface area contributed by atoms with Gasteiger partial charge in [-0.3, -0.25) is 0 Å². The van der Waals surface area contributed by atoms with Crippen LogP contribution in [-0.4, -0.2) is 20.4 Å². The second-order valence-corrected chi connectivity index (χ2v) is 6.11. The standard InChI is InChI=1S/C14H14N4O2S/c1-16-21(19,20)13-6-2-4-11(8-13)10-18-14-12(9-15)5-3-7-17-14/h2-8,16H,10H2,1H3,(H,17,18). The molecule has 1 heterocycles. The number of hydrogen-bond donors (Lipinski definition) is 2. The van der Waals surface area contributed by atoms with Crippen molar-refractivity contribution >= 4 is 15.8 Å². The molecule has 2 N–H and O–H groups in total. The van der Waals surface area contributed by atoms with Crippen molar-refractivity contribution in [2.24, 2.45) is 0 Å². The minimum atomic E-state index is -3.46. The van der Waals surface area contributed by atoms with Crippen LogP contribution in [-0.2, 0) is 16.6 Å². The molecule has 0 radical (unpaired) electrons. The van der Waals surface area contributed by atoms with Crippen LogP contribution in [0.2, 0.25) is 0 Å². The Morgan fingerprint density at radius 3 is 2.81 bits per heavy atom. The van der Waals surface area contributed by atoms with Crippen molar-refractivity contribution in [3.63, 3.8) is 0 Å². The maximum atomic E-state index is 11.7. The fourth-order valence-corrected chi connectivity index (χ4v) is 2.56. The lowest BCUT2D eigenvalue weighted by Gasteiger charge is -2.08. The van der Waals surface area contributed by atoms with Gasteiger partial charge >= 0.3 is 0 Å². The van der Waals surface area contributed by atoms with E-state index in [1.165, 1.54) is 13.1 Å². The zero-order chi connectivity index (χ0) is 15.3. The van der Waals surface area contributed by atoms with E-state index in [9.17, 15) is 8.42 Å². The number of nitriles is 1. The van der Waals surface area contributed by atoms with Gasteiger partial charge in [0.1, 0.15) is 11.9 Å². The van der Waals surface area contributed by atoms with Crippen LogP contribution in [0.5, 0.6) is 0 Å². The summed E-state index contributed by atoms with van der Waals surface area (Å²) in [5, 5.41) is 12.0. The Kier molecular flexibility index (Phi) is 4.52. The van der Waals surface area contributed by atoms with Crippen LogP contribution < -0.4 is 10.0 Å². The minimum absolute atomic E-state index is 0.200. The lowest BCUT2D eigenvalue weighted by atomic mass is 10.2. The van der Waals surface area contributed by atoms with E-state index >= 15 is 0 Å². The van der Waals surface area contributed by atoms with Crippen molar-refractivity contribution in [1.29, 1.82) is 5.26 Å². The van der Waals surface area contributed by atoms with Crippen LogP contribution in [0.4, 0.5) is 5.82 Å². The SMILES string of the molecule is CNS(=O)(=O)c1cccc(CNc2ncccc2C#N)c1. The third-order valence-corrected chi connectivity index (χ3v) is 4.28. The molecule has 0 unspecified atom stereocenters. The molecule has 0 atom stereocenters. The van der Waals surface area contributed by atoms with Gasteiger partial charge in [-0.25, -0.2) is 18.1 Å². The summed E-state index contributed by atoms with van der Waals surface area (Å²) >= 11 is 0. The first-order valence-corrected chi connectivity index (χ1v) is 7.66. The third kappa shape index (κ3) is 3.56. The predicted molar refractivity (Wildman–Crippen MR) is 79.0 cm³/mol. The molecule has 1 aromatic carbocycles. The van der Waals surface area contributed by atoms with E-state index in [0.717, 1.165) is 5.56 Å². The van der Waals surface area contributed by atoms with Gasteiger partial charge in [-0.15, -0.1) is 0 Å². The zero-order valence-electron chi connectivity index (χ0n) is 11.4. The van der Waals surface area contributed by atoms with E-state index in [1.807, 2.05) is 6.07 Å². The van der Waals surface area contributed by atoms with Gasteiger partial charge in [-0.1, -0.05) is 12.1 Å². The highest BCUT2D eigenvalue weighted by molar-refractivity contribution is 7.89. The fraction of sp³-hybridized carbons (Fsp3) is 0.143. The summed E-state index contributed by atoms with van der Waals surface area (Å²) in [4.78, 5) is 4.29. The molecule has 0 aliphatic heterocycles. The van der Waals surface area contributed by atoms with E-state index in [1.54, 1.807) is 36.5 Å². The van der Waals surface area contributed by atoms with Crippen LogP contribution in [0.15, 0.2) is 47.5 Å². The van der Waals surface area contributed by atoms with Crippen molar-refractivity contribution in [1.82, 2.24) is 9.71 Å². The molecule has 0 saturated carbocycles. The van der Waals surface area contributed by atoms with Crippen molar-refractivity contribution in [3.8, 4) is 6.07 Å². The molecule has 0 amide bonds. The molecular formula is C14H14N4O2S. The van der Waals surface area contributed by atoms with Gasteiger partial charge in [0.25, 0.3) is 0 Å². The number of anilines is 1. The summed E-state index contributed by atoms with van der Waals surface area (Å²) in [6, 6.07) is 12.0. The van der Waals surface area contributed by atoms with Gasteiger partial charge in [-0.05, 0) is 36.9 Å². The Balaban J connectivity index is 2.18. The smallest absolute Gasteiger partial charge is 0.240 e. The molecular weight excluding hydrogens is 288 g/mol. The summed E-state index contributed by atoms with van der Waals surface area (Å²) in [5.74, 6) is 0.474. The molecule has 7 heteroatoms. The third-order valence-electron chi connectivity index (χ3n) is 2.87. The molecule has 108 valence electrons. The quantitative estimate of drug-likeness (QED) is 0.872. The number of aromatic nitrogens is 1. The largest absolute Gasteiger partial charge is 0.365 e. The molecule has 2 aromatic rings. The van der Waals surface area contributed by atoms with E-state index in [2.05, 4.69) is 15.0 Å². The highest BCUT2D eigenvalue weighted by Gasteiger charge is 2.11. The van der Waals surface area contributed by atoms with Gasteiger partial charge in [0.15, 0.2) is 0 Å². The number of benzene rings is 1. The first kappa shape index (κ1) is 15.0. The molecule has 0 aliphatic carbocycles. The Labute approximate surface area is 123 Å². The molecule has 0 saturated heterocycles. The minimum Gasteiger partial charge on any atom is -0.365 e.